The van der Waals surface area contributed by atoms with Crippen molar-refractivity contribution in [1.82, 2.24) is 4.98 Å². The Balaban J connectivity index is 1.80. The van der Waals surface area contributed by atoms with Gasteiger partial charge in [-0.15, -0.1) is 0 Å². The Labute approximate surface area is 129 Å². The molecule has 0 amide bonds. The Morgan fingerprint density at radius 1 is 1.45 bits per heavy atom. The van der Waals surface area contributed by atoms with Gasteiger partial charge in [-0.25, -0.2) is 4.79 Å². The molecule has 4 nitrogen and oxygen atoms in total. The van der Waals surface area contributed by atoms with Crippen molar-refractivity contribution < 1.29 is 14.3 Å². The lowest BCUT2D eigenvalue weighted by atomic mass is 9.88. The number of ether oxygens (including phenoxy) is 2. The van der Waals surface area contributed by atoms with Gasteiger partial charge in [-0.05, 0) is 49.4 Å². The third-order valence-electron chi connectivity index (χ3n) is 5.06. The van der Waals surface area contributed by atoms with Crippen LogP contribution in [0.2, 0.25) is 0 Å². The molecule has 0 spiro atoms. The monoisotopic (exact) mass is 297 g/mol. The van der Waals surface area contributed by atoms with Gasteiger partial charge in [-0.2, -0.15) is 0 Å². The summed E-state index contributed by atoms with van der Waals surface area (Å²) in [5, 5.41) is 0.893. The number of carbonyl (C=O) groups is 1. The van der Waals surface area contributed by atoms with Crippen LogP contribution in [0, 0.1) is 5.92 Å². The molecule has 0 unspecified atom stereocenters. The summed E-state index contributed by atoms with van der Waals surface area (Å²) in [5.41, 5.74) is 3.02. The fraction of sp³-hybridized carbons (Fsp3) is 0.444. The van der Waals surface area contributed by atoms with Crippen molar-refractivity contribution in [3.8, 4) is 0 Å². The van der Waals surface area contributed by atoms with Crippen LogP contribution in [0.5, 0.6) is 0 Å². The van der Waals surface area contributed by atoms with E-state index in [2.05, 4.69) is 17.1 Å². The van der Waals surface area contributed by atoms with Crippen LogP contribution in [-0.2, 0) is 14.9 Å². The summed E-state index contributed by atoms with van der Waals surface area (Å²) in [5.74, 6) is 0.352. The van der Waals surface area contributed by atoms with Crippen LogP contribution in [0.15, 0.2) is 30.5 Å². The second kappa shape index (κ2) is 5.06. The lowest BCUT2D eigenvalue weighted by molar-refractivity contribution is 0.0528. The summed E-state index contributed by atoms with van der Waals surface area (Å²) in [6, 6.07) is 8.07. The first-order chi connectivity index (χ1) is 10.7. The average molecular weight is 297 g/mol. The molecule has 2 atom stereocenters. The highest BCUT2D eigenvalue weighted by Gasteiger charge is 2.56. The first kappa shape index (κ1) is 13.7. The maximum Gasteiger partial charge on any atom is 0.338 e. The molecule has 0 bridgehead atoms. The second-order valence-corrected chi connectivity index (χ2v) is 6.19. The Kier molecular flexibility index (Phi) is 3.15. The Morgan fingerprint density at radius 3 is 3.18 bits per heavy atom. The largest absolute Gasteiger partial charge is 0.462 e. The zero-order chi connectivity index (χ0) is 15.2. The van der Waals surface area contributed by atoms with Crippen LogP contribution in [-0.4, -0.2) is 30.8 Å². The van der Waals surface area contributed by atoms with Crippen molar-refractivity contribution >= 4 is 16.9 Å². The van der Waals surface area contributed by atoms with Gasteiger partial charge in [0.05, 0.1) is 24.3 Å². The standard InChI is InChI=1S/C18H19NO3/c1-2-22-17(20)14-5-7-19-16-4-3-12(9-15(14)16)18-6-8-21-11-13(18)10-18/h3-5,7,9,13H,2,6,8,10-11H2,1H3/t13-,18-/m0/s1. The van der Waals surface area contributed by atoms with Crippen molar-refractivity contribution in [3.63, 3.8) is 0 Å². The number of hydrogen-bond acceptors (Lipinski definition) is 4. The van der Waals surface area contributed by atoms with Gasteiger partial charge in [0, 0.05) is 23.6 Å². The minimum absolute atomic E-state index is 0.258. The summed E-state index contributed by atoms with van der Waals surface area (Å²) in [4.78, 5) is 16.5. The zero-order valence-electron chi connectivity index (χ0n) is 12.7. The lowest BCUT2D eigenvalue weighted by Gasteiger charge is -2.23. The number of aromatic nitrogens is 1. The molecule has 1 aromatic carbocycles. The third-order valence-corrected chi connectivity index (χ3v) is 5.06. The summed E-state index contributed by atoms with van der Waals surface area (Å²) in [7, 11) is 0. The normalized spacial score (nSPS) is 26.5. The topological polar surface area (TPSA) is 48.4 Å². The van der Waals surface area contributed by atoms with E-state index in [1.165, 1.54) is 12.0 Å². The van der Waals surface area contributed by atoms with E-state index >= 15 is 0 Å². The minimum Gasteiger partial charge on any atom is -0.462 e. The molecule has 114 valence electrons. The van der Waals surface area contributed by atoms with E-state index in [1.54, 1.807) is 12.3 Å². The van der Waals surface area contributed by atoms with Crippen LogP contribution < -0.4 is 0 Å². The van der Waals surface area contributed by atoms with Crippen LogP contribution >= 0.6 is 0 Å². The van der Waals surface area contributed by atoms with Gasteiger partial charge in [0.25, 0.3) is 0 Å². The highest BCUT2D eigenvalue weighted by atomic mass is 16.5. The van der Waals surface area contributed by atoms with Crippen molar-refractivity contribution in [3.05, 3.63) is 41.6 Å². The fourth-order valence-corrected chi connectivity index (χ4v) is 3.73. The molecular weight excluding hydrogens is 278 g/mol. The van der Waals surface area contributed by atoms with Crippen molar-refractivity contribution in [2.75, 3.05) is 19.8 Å². The smallest absolute Gasteiger partial charge is 0.338 e. The van der Waals surface area contributed by atoms with E-state index in [-0.39, 0.29) is 11.4 Å². The molecule has 2 aromatic rings. The molecule has 1 aliphatic carbocycles. The maximum atomic E-state index is 12.2. The third kappa shape index (κ3) is 2.02. The first-order valence-corrected chi connectivity index (χ1v) is 7.89. The minimum atomic E-state index is -0.274. The van der Waals surface area contributed by atoms with Gasteiger partial charge in [-0.3, -0.25) is 4.98 Å². The van der Waals surface area contributed by atoms with Crippen molar-refractivity contribution in [2.45, 2.75) is 25.2 Å². The number of rotatable bonds is 3. The highest BCUT2D eigenvalue weighted by Crippen LogP contribution is 2.59. The summed E-state index contributed by atoms with van der Waals surface area (Å²) in [6.07, 6.45) is 3.92. The molecule has 0 radical (unpaired) electrons. The number of esters is 1. The molecule has 4 rings (SSSR count). The summed E-state index contributed by atoms with van der Waals surface area (Å²) >= 11 is 0. The Hall–Kier alpha value is -1.94. The number of fused-ring (bicyclic) bond motifs is 2. The fourth-order valence-electron chi connectivity index (χ4n) is 3.73. The second-order valence-electron chi connectivity index (χ2n) is 6.19. The molecule has 1 aromatic heterocycles. The summed E-state index contributed by atoms with van der Waals surface area (Å²) < 4.78 is 10.7. The predicted molar refractivity (Wildman–Crippen MR) is 82.9 cm³/mol. The van der Waals surface area contributed by atoms with Crippen LogP contribution in [0.3, 0.4) is 0 Å². The molecule has 2 fully saturated rings. The maximum absolute atomic E-state index is 12.2. The van der Waals surface area contributed by atoms with E-state index in [0.29, 0.717) is 18.1 Å². The van der Waals surface area contributed by atoms with E-state index in [9.17, 15) is 4.79 Å². The molecule has 4 heteroatoms. The van der Waals surface area contributed by atoms with Crippen LogP contribution in [0.25, 0.3) is 10.9 Å². The van der Waals surface area contributed by atoms with Gasteiger partial charge >= 0.3 is 5.97 Å². The molecule has 1 saturated carbocycles. The SMILES string of the molecule is CCOC(=O)c1ccnc2ccc([C@@]34CCOC[C@@H]3C4)cc12. The zero-order valence-corrected chi connectivity index (χ0v) is 12.7. The predicted octanol–water partition coefficient (Wildman–Crippen LogP) is 3.09. The van der Waals surface area contributed by atoms with E-state index in [1.807, 2.05) is 13.0 Å². The number of carbonyl (C=O) groups excluding carboxylic acids is 1. The first-order valence-electron chi connectivity index (χ1n) is 7.89. The molecule has 1 saturated heterocycles. The molecule has 22 heavy (non-hydrogen) atoms. The number of benzene rings is 1. The molecule has 0 N–H and O–H groups in total. The number of pyridine rings is 1. The Bertz CT molecular complexity index is 742. The number of hydrogen-bond donors (Lipinski definition) is 0. The van der Waals surface area contributed by atoms with Crippen LogP contribution in [0.4, 0.5) is 0 Å². The average Bonchev–Trinajstić information content (AvgIpc) is 3.30. The summed E-state index contributed by atoms with van der Waals surface area (Å²) in [6.45, 7) is 3.89. The molecule has 1 aliphatic heterocycles. The number of nitrogens with zero attached hydrogens (tertiary/aromatic N) is 1. The molecule has 2 heterocycles. The van der Waals surface area contributed by atoms with Gasteiger partial charge in [0.1, 0.15) is 0 Å². The van der Waals surface area contributed by atoms with E-state index in [4.69, 9.17) is 9.47 Å². The quantitative estimate of drug-likeness (QED) is 0.817. The molecular formula is C18H19NO3. The van der Waals surface area contributed by atoms with Gasteiger partial charge in [-0.1, -0.05) is 6.07 Å². The van der Waals surface area contributed by atoms with Gasteiger partial charge in [0.15, 0.2) is 0 Å². The van der Waals surface area contributed by atoms with Crippen molar-refractivity contribution in [2.24, 2.45) is 5.92 Å². The van der Waals surface area contributed by atoms with Crippen molar-refractivity contribution in [1.29, 1.82) is 0 Å². The van der Waals surface area contributed by atoms with E-state index in [0.717, 1.165) is 30.5 Å². The van der Waals surface area contributed by atoms with Gasteiger partial charge in [0.2, 0.25) is 0 Å². The molecule has 2 aliphatic rings. The highest BCUT2D eigenvalue weighted by molar-refractivity contribution is 6.03. The van der Waals surface area contributed by atoms with E-state index < -0.39 is 0 Å². The van der Waals surface area contributed by atoms with Gasteiger partial charge < -0.3 is 9.47 Å². The lowest BCUT2D eigenvalue weighted by Crippen LogP contribution is -2.21. The van der Waals surface area contributed by atoms with Crippen LogP contribution in [0.1, 0.15) is 35.7 Å². The Morgan fingerprint density at radius 2 is 2.36 bits per heavy atom.